The number of aryl methyl sites for hydroxylation is 1. The fraction of sp³-hybridized carbons (Fsp3) is 0.333. The van der Waals surface area contributed by atoms with E-state index in [0.717, 1.165) is 48.3 Å². The van der Waals surface area contributed by atoms with Gasteiger partial charge in [-0.3, -0.25) is 10.00 Å². The van der Waals surface area contributed by atoms with Crippen molar-refractivity contribution in [3.63, 3.8) is 0 Å². The summed E-state index contributed by atoms with van der Waals surface area (Å²) >= 11 is 1.43. The molecule has 0 amide bonds. The number of aromatic nitrogens is 6. The number of fused-ring (bicyclic) bond motifs is 2. The number of hydrogen-bond acceptors (Lipinski definition) is 6. The molecule has 1 aliphatic heterocycles. The van der Waals surface area contributed by atoms with Crippen LogP contribution in [-0.4, -0.2) is 47.7 Å². The largest absolute Gasteiger partial charge is 0.354 e. The lowest BCUT2D eigenvalue weighted by Crippen LogP contribution is -2.32. The van der Waals surface area contributed by atoms with Crippen LogP contribution in [0, 0.1) is 0 Å². The van der Waals surface area contributed by atoms with E-state index in [1.165, 1.54) is 52.1 Å². The van der Waals surface area contributed by atoms with Crippen LogP contribution in [0.5, 0.6) is 0 Å². The Hall–Kier alpha value is -3.10. The summed E-state index contributed by atoms with van der Waals surface area (Å²) in [5.41, 5.74) is 8.26. The van der Waals surface area contributed by atoms with Gasteiger partial charge in [0.05, 0.1) is 17.6 Å². The van der Waals surface area contributed by atoms with E-state index < -0.39 is 0 Å². The van der Waals surface area contributed by atoms with Crippen molar-refractivity contribution in [3.8, 4) is 11.3 Å². The second kappa shape index (κ2) is 8.11. The van der Waals surface area contributed by atoms with E-state index in [9.17, 15) is 0 Å². The first-order valence-corrected chi connectivity index (χ1v) is 12.0. The molecule has 162 valence electrons. The smallest absolute Gasteiger partial charge is 0.155 e. The standard InChI is InChI=1S/C24H25N7S/c1-2-18-20-11-16(15-6-9-31(10-7-15)13-17-14-32-30-28-17)3-4-22(20)27-23(18)19-5-8-25-24-21(19)12-26-29-24/h3-5,8,11-12,14-15,27H,2,6-7,9-10,13H2,1H3,(H,25,26,29). The SMILES string of the molecule is CCc1c(-c2ccnc3[nH]ncc23)[nH]c2ccc(C3CCN(Cc4csnn4)CC3)cc12. The van der Waals surface area contributed by atoms with Crippen molar-refractivity contribution in [2.75, 3.05) is 13.1 Å². The maximum Gasteiger partial charge on any atom is 0.155 e. The molecule has 1 aliphatic rings. The van der Waals surface area contributed by atoms with Crippen molar-refractivity contribution >= 4 is 33.5 Å². The van der Waals surface area contributed by atoms with Gasteiger partial charge in [-0.15, -0.1) is 5.10 Å². The molecule has 1 aromatic carbocycles. The number of benzene rings is 1. The van der Waals surface area contributed by atoms with Crippen molar-refractivity contribution in [3.05, 3.63) is 58.9 Å². The van der Waals surface area contributed by atoms with Gasteiger partial charge in [0.1, 0.15) is 0 Å². The Morgan fingerprint density at radius 1 is 1.16 bits per heavy atom. The molecule has 8 heteroatoms. The van der Waals surface area contributed by atoms with Crippen LogP contribution < -0.4 is 0 Å². The van der Waals surface area contributed by atoms with Crippen LogP contribution in [0.25, 0.3) is 33.2 Å². The van der Waals surface area contributed by atoms with E-state index >= 15 is 0 Å². The Morgan fingerprint density at radius 2 is 2.06 bits per heavy atom. The predicted octanol–water partition coefficient (Wildman–Crippen LogP) is 4.90. The molecule has 0 atom stereocenters. The first kappa shape index (κ1) is 19.6. The third kappa shape index (κ3) is 3.40. The molecule has 4 aromatic heterocycles. The molecule has 7 nitrogen and oxygen atoms in total. The van der Waals surface area contributed by atoms with Crippen LogP contribution in [0.1, 0.15) is 42.5 Å². The first-order valence-electron chi connectivity index (χ1n) is 11.2. The van der Waals surface area contributed by atoms with Gasteiger partial charge >= 0.3 is 0 Å². The Morgan fingerprint density at radius 3 is 2.88 bits per heavy atom. The normalized spacial score (nSPS) is 15.8. The van der Waals surface area contributed by atoms with Crippen molar-refractivity contribution in [1.82, 2.24) is 34.7 Å². The van der Waals surface area contributed by atoms with E-state index in [1.807, 2.05) is 12.4 Å². The monoisotopic (exact) mass is 443 g/mol. The molecule has 5 aromatic rings. The lowest BCUT2D eigenvalue weighted by molar-refractivity contribution is 0.202. The fourth-order valence-electron chi connectivity index (χ4n) is 5.09. The van der Waals surface area contributed by atoms with Crippen molar-refractivity contribution < 1.29 is 0 Å². The van der Waals surface area contributed by atoms with E-state index in [-0.39, 0.29) is 0 Å². The third-order valence-electron chi connectivity index (χ3n) is 6.76. The van der Waals surface area contributed by atoms with Gasteiger partial charge in [-0.05, 0) is 79.1 Å². The van der Waals surface area contributed by atoms with Crippen LogP contribution in [0.4, 0.5) is 0 Å². The highest BCUT2D eigenvalue weighted by Gasteiger charge is 2.23. The average molecular weight is 444 g/mol. The number of H-pyrrole nitrogens is 2. The minimum absolute atomic E-state index is 0.605. The van der Waals surface area contributed by atoms with E-state index in [4.69, 9.17) is 0 Å². The molecule has 1 saturated heterocycles. The number of likely N-dealkylation sites (tertiary alicyclic amines) is 1. The molecular formula is C24H25N7S. The molecular weight excluding hydrogens is 418 g/mol. The molecule has 0 saturated carbocycles. The Labute approximate surface area is 190 Å². The van der Waals surface area contributed by atoms with E-state index in [1.54, 1.807) is 0 Å². The van der Waals surface area contributed by atoms with Gasteiger partial charge in [0.2, 0.25) is 0 Å². The summed E-state index contributed by atoms with van der Waals surface area (Å²) in [6.07, 6.45) is 7.05. The number of hydrogen-bond donors (Lipinski definition) is 2. The minimum atomic E-state index is 0.605. The Bertz CT molecular complexity index is 1360. The van der Waals surface area contributed by atoms with Gasteiger partial charge < -0.3 is 4.98 Å². The molecule has 32 heavy (non-hydrogen) atoms. The van der Waals surface area contributed by atoms with Crippen LogP contribution in [-0.2, 0) is 13.0 Å². The Balaban J connectivity index is 1.29. The summed E-state index contributed by atoms with van der Waals surface area (Å²) < 4.78 is 3.99. The summed E-state index contributed by atoms with van der Waals surface area (Å²) in [5, 5.41) is 15.8. The molecule has 5 heterocycles. The zero-order chi connectivity index (χ0) is 21.5. The molecule has 0 aliphatic carbocycles. The zero-order valence-electron chi connectivity index (χ0n) is 18.0. The van der Waals surface area contributed by atoms with Crippen molar-refractivity contribution in [2.45, 2.75) is 38.6 Å². The highest BCUT2D eigenvalue weighted by Crippen LogP contribution is 2.37. The van der Waals surface area contributed by atoms with Gasteiger partial charge in [-0.1, -0.05) is 17.5 Å². The van der Waals surface area contributed by atoms with Gasteiger partial charge in [0.25, 0.3) is 0 Å². The van der Waals surface area contributed by atoms with Gasteiger partial charge in [-0.2, -0.15) is 5.10 Å². The summed E-state index contributed by atoms with van der Waals surface area (Å²) in [6.45, 7) is 5.36. The molecule has 0 bridgehead atoms. The third-order valence-corrected chi connectivity index (χ3v) is 7.31. The van der Waals surface area contributed by atoms with Crippen LogP contribution in [0.3, 0.4) is 0 Å². The molecule has 2 N–H and O–H groups in total. The number of aromatic amines is 2. The van der Waals surface area contributed by atoms with E-state index in [0.29, 0.717) is 5.92 Å². The fourth-order valence-corrected chi connectivity index (χ4v) is 5.53. The Kier molecular flexibility index (Phi) is 4.96. The number of piperidine rings is 1. The lowest BCUT2D eigenvalue weighted by Gasteiger charge is -2.31. The topological polar surface area (TPSA) is 86.4 Å². The highest BCUT2D eigenvalue weighted by atomic mass is 32.1. The second-order valence-electron chi connectivity index (χ2n) is 8.57. The first-order chi connectivity index (χ1) is 15.8. The van der Waals surface area contributed by atoms with Gasteiger partial charge in [0, 0.05) is 40.0 Å². The maximum absolute atomic E-state index is 4.40. The molecule has 6 rings (SSSR count). The van der Waals surface area contributed by atoms with Crippen LogP contribution in [0.15, 0.2) is 42.0 Å². The second-order valence-corrected chi connectivity index (χ2v) is 9.18. The highest BCUT2D eigenvalue weighted by molar-refractivity contribution is 7.03. The molecule has 1 fully saturated rings. The molecule has 0 radical (unpaired) electrons. The minimum Gasteiger partial charge on any atom is -0.354 e. The van der Waals surface area contributed by atoms with Crippen LogP contribution >= 0.6 is 11.5 Å². The zero-order valence-corrected chi connectivity index (χ0v) is 18.8. The number of pyridine rings is 1. The summed E-state index contributed by atoms with van der Waals surface area (Å²) in [4.78, 5) is 10.6. The quantitative estimate of drug-likeness (QED) is 0.403. The molecule has 0 unspecified atom stereocenters. The van der Waals surface area contributed by atoms with Gasteiger partial charge in [-0.25, -0.2) is 4.98 Å². The van der Waals surface area contributed by atoms with Crippen LogP contribution in [0.2, 0.25) is 0 Å². The lowest BCUT2D eigenvalue weighted by atomic mass is 9.88. The average Bonchev–Trinajstić information content (AvgIpc) is 3.58. The predicted molar refractivity (Wildman–Crippen MR) is 128 cm³/mol. The molecule has 0 spiro atoms. The van der Waals surface area contributed by atoms with E-state index in [2.05, 4.69) is 71.2 Å². The van der Waals surface area contributed by atoms with Gasteiger partial charge in [0.15, 0.2) is 5.65 Å². The maximum atomic E-state index is 4.40. The summed E-state index contributed by atoms with van der Waals surface area (Å²) in [6, 6.07) is 9.07. The number of nitrogens with one attached hydrogen (secondary N) is 2. The van der Waals surface area contributed by atoms with Crippen molar-refractivity contribution in [2.24, 2.45) is 0 Å². The summed E-state index contributed by atoms with van der Waals surface area (Å²) in [5.74, 6) is 0.605. The number of nitrogens with zero attached hydrogens (tertiary/aromatic N) is 5. The summed E-state index contributed by atoms with van der Waals surface area (Å²) in [7, 11) is 0. The van der Waals surface area contributed by atoms with Crippen molar-refractivity contribution in [1.29, 1.82) is 0 Å². The number of rotatable bonds is 5.